The summed E-state index contributed by atoms with van der Waals surface area (Å²) in [5, 5.41) is 15.7. The minimum Gasteiger partial charge on any atom is -0.294 e. The van der Waals surface area contributed by atoms with Crippen molar-refractivity contribution in [2.75, 3.05) is 0 Å². The third kappa shape index (κ3) is 3.16. The fraction of sp³-hybridized carbons (Fsp3) is 0.150. The number of hydrogen-bond acceptors (Lipinski definition) is 5. The molecule has 0 saturated carbocycles. The highest BCUT2D eigenvalue weighted by Crippen LogP contribution is 2.17. The Bertz CT molecular complexity index is 1260. The molecule has 4 aromatic rings. The Balaban J connectivity index is 1.66. The van der Waals surface area contributed by atoms with E-state index < -0.39 is 4.92 Å². The topological polar surface area (TPSA) is 95.9 Å². The van der Waals surface area contributed by atoms with E-state index in [9.17, 15) is 14.9 Å². The summed E-state index contributed by atoms with van der Waals surface area (Å²) in [6.07, 6.45) is 1.46. The summed E-state index contributed by atoms with van der Waals surface area (Å²) in [6, 6.07) is 13.9. The van der Waals surface area contributed by atoms with E-state index in [4.69, 9.17) is 0 Å². The Hall–Kier alpha value is -3.81. The van der Waals surface area contributed by atoms with Crippen LogP contribution in [0.4, 0.5) is 5.69 Å². The molecule has 0 N–H and O–H groups in total. The number of aryl methyl sites for hydroxylation is 2. The zero-order valence-corrected chi connectivity index (χ0v) is 15.4. The Kier molecular flexibility index (Phi) is 4.23. The van der Waals surface area contributed by atoms with Crippen molar-refractivity contribution < 1.29 is 4.92 Å². The highest BCUT2D eigenvalue weighted by atomic mass is 16.6. The van der Waals surface area contributed by atoms with Gasteiger partial charge in [-0.05, 0) is 43.7 Å². The number of benzene rings is 2. The minimum atomic E-state index is -0.520. The number of non-ortho nitro benzene ring substituents is 1. The SMILES string of the molecule is Cc1cc(C)n(-c2ccc(Cn3cnc4ccc([N+](=O)[O-])cc4c3=O)cc2)n1. The van der Waals surface area contributed by atoms with Crippen LogP contribution in [0.15, 0.2) is 59.7 Å². The van der Waals surface area contributed by atoms with Gasteiger partial charge in [0, 0.05) is 17.8 Å². The molecule has 0 radical (unpaired) electrons. The second-order valence-electron chi connectivity index (χ2n) is 6.64. The first-order valence-electron chi connectivity index (χ1n) is 8.68. The molecule has 0 spiro atoms. The van der Waals surface area contributed by atoms with Gasteiger partial charge in [0.05, 0.1) is 40.1 Å². The van der Waals surface area contributed by atoms with Gasteiger partial charge in [-0.3, -0.25) is 19.5 Å². The van der Waals surface area contributed by atoms with Gasteiger partial charge in [-0.1, -0.05) is 12.1 Å². The van der Waals surface area contributed by atoms with Crippen molar-refractivity contribution in [1.82, 2.24) is 19.3 Å². The van der Waals surface area contributed by atoms with Crippen molar-refractivity contribution in [3.05, 3.63) is 92.3 Å². The molecule has 4 rings (SSSR count). The summed E-state index contributed by atoms with van der Waals surface area (Å²) in [4.78, 5) is 27.4. The molecular weight excluding hydrogens is 358 g/mol. The van der Waals surface area contributed by atoms with E-state index in [0.717, 1.165) is 22.6 Å². The molecule has 2 aromatic carbocycles. The van der Waals surface area contributed by atoms with E-state index in [2.05, 4.69) is 10.1 Å². The first-order chi connectivity index (χ1) is 13.4. The standard InChI is InChI=1S/C20H17N5O3/c1-13-9-14(2)24(22-13)16-5-3-15(4-6-16)11-23-12-21-19-8-7-17(25(27)28)10-18(19)20(23)26/h3-10,12H,11H2,1-2H3. The molecule has 8 nitrogen and oxygen atoms in total. The van der Waals surface area contributed by atoms with Crippen molar-refractivity contribution in [3.8, 4) is 5.69 Å². The molecule has 2 heterocycles. The lowest BCUT2D eigenvalue weighted by Gasteiger charge is -2.09. The number of nitro benzene ring substituents is 1. The molecule has 0 amide bonds. The Labute approximate surface area is 159 Å². The highest BCUT2D eigenvalue weighted by molar-refractivity contribution is 5.79. The molecule has 0 aliphatic heterocycles. The fourth-order valence-electron chi connectivity index (χ4n) is 3.20. The van der Waals surface area contributed by atoms with Gasteiger partial charge >= 0.3 is 0 Å². The average molecular weight is 375 g/mol. The van der Waals surface area contributed by atoms with Gasteiger partial charge in [-0.2, -0.15) is 5.10 Å². The monoisotopic (exact) mass is 375 g/mol. The lowest BCUT2D eigenvalue weighted by Crippen LogP contribution is -2.21. The van der Waals surface area contributed by atoms with Gasteiger partial charge < -0.3 is 0 Å². The van der Waals surface area contributed by atoms with Gasteiger partial charge in [-0.15, -0.1) is 0 Å². The van der Waals surface area contributed by atoms with Crippen LogP contribution in [-0.2, 0) is 6.54 Å². The third-order valence-electron chi connectivity index (χ3n) is 4.56. The van der Waals surface area contributed by atoms with E-state index in [1.807, 2.05) is 48.9 Å². The van der Waals surface area contributed by atoms with Crippen molar-refractivity contribution >= 4 is 16.6 Å². The first-order valence-corrected chi connectivity index (χ1v) is 8.68. The van der Waals surface area contributed by atoms with E-state index in [0.29, 0.717) is 12.1 Å². The second-order valence-corrected chi connectivity index (χ2v) is 6.64. The van der Waals surface area contributed by atoms with Gasteiger partial charge in [0.15, 0.2) is 0 Å². The van der Waals surface area contributed by atoms with Crippen molar-refractivity contribution in [2.24, 2.45) is 0 Å². The van der Waals surface area contributed by atoms with E-state index in [-0.39, 0.29) is 16.6 Å². The number of hydrogen-bond donors (Lipinski definition) is 0. The van der Waals surface area contributed by atoms with Crippen LogP contribution in [0.2, 0.25) is 0 Å². The van der Waals surface area contributed by atoms with Gasteiger partial charge in [0.2, 0.25) is 0 Å². The Morgan fingerprint density at radius 2 is 1.82 bits per heavy atom. The molecule has 0 atom stereocenters. The number of nitrogens with zero attached hydrogens (tertiary/aromatic N) is 5. The molecule has 0 bridgehead atoms. The summed E-state index contributed by atoms with van der Waals surface area (Å²) in [7, 11) is 0. The summed E-state index contributed by atoms with van der Waals surface area (Å²) in [5.41, 5.74) is 3.85. The molecule has 0 aliphatic rings. The number of nitro groups is 1. The highest BCUT2D eigenvalue weighted by Gasteiger charge is 2.11. The summed E-state index contributed by atoms with van der Waals surface area (Å²) in [5.74, 6) is 0. The van der Waals surface area contributed by atoms with Crippen LogP contribution < -0.4 is 5.56 Å². The normalized spacial score (nSPS) is 11.1. The van der Waals surface area contributed by atoms with Crippen molar-refractivity contribution in [3.63, 3.8) is 0 Å². The maximum Gasteiger partial charge on any atom is 0.270 e. The summed E-state index contributed by atoms with van der Waals surface area (Å²) < 4.78 is 3.31. The quantitative estimate of drug-likeness (QED) is 0.403. The fourth-order valence-corrected chi connectivity index (χ4v) is 3.20. The van der Waals surface area contributed by atoms with Crippen LogP contribution in [0.1, 0.15) is 17.0 Å². The van der Waals surface area contributed by atoms with Gasteiger partial charge in [0.25, 0.3) is 11.2 Å². The third-order valence-corrected chi connectivity index (χ3v) is 4.56. The Morgan fingerprint density at radius 3 is 2.46 bits per heavy atom. The molecule has 0 fully saturated rings. The van der Waals surface area contributed by atoms with E-state index >= 15 is 0 Å². The van der Waals surface area contributed by atoms with Crippen LogP contribution in [-0.4, -0.2) is 24.3 Å². The Morgan fingerprint density at radius 1 is 1.07 bits per heavy atom. The number of fused-ring (bicyclic) bond motifs is 1. The van der Waals surface area contributed by atoms with Crippen LogP contribution in [0, 0.1) is 24.0 Å². The second kappa shape index (κ2) is 6.73. The zero-order valence-electron chi connectivity index (χ0n) is 15.4. The van der Waals surface area contributed by atoms with Crippen LogP contribution in [0.5, 0.6) is 0 Å². The molecule has 8 heteroatoms. The zero-order chi connectivity index (χ0) is 19.8. The molecule has 28 heavy (non-hydrogen) atoms. The van der Waals surface area contributed by atoms with E-state index in [1.54, 1.807) is 0 Å². The van der Waals surface area contributed by atoms with Gasteiger partial charge in [-0.25, -0.2) is 9.67 Å². The maximum atomic E-state index is 12.7. The lowest BCUT2D eigenvalue weighted by molar-refractivity contribution is -0.384. The first kappa shape index (κ1) is 17.6. The van der Waals surface area contributed by atoms with Crippen molar-refractivity contribution in [1.29, 1.82) is 0 Å². The molecule has 140 valence electrons. The molecule has 0 saturated heterocycles. The molecule has 0 aliphatic carbocycles. The molecule has 0 unspecified atom stereocenters. The van der Waals surface area contributed by atoms with E-state index in [1.165, 1.54) is 29.1 Å². The maximum absolute atomic E-state index is 12.7. The summed E-state index contributed by atoms with van der Waals surface area (Å²) >= 11 is 0. The van der Waals surface area contributed by atoms with Crippen LogP contribution in [0.3, 0.4) is 0 Å². The smallest absolute Gasteiger partial charge is 0.270 e. The van der Waals surface area contributed by atoms with Crippen LogP contribution in [0.25, 0.3) is 16.6 Å². The number of rotatable bonds is 4. The largest absolute Gasteiger partial charge is 0.294 e. The van der Waals surface area contributed by atoms with Crippen molar-refractivity contribution in [2.45, 2.75) is 20.4 Å². The molecule has 2 aromatic heterocycles. The minimum absolute atomic E-state index is 0.126. The predicted octanol–water partition coefficient (Wildman–Crippen LogP) is 3.16. The summed E-state index contributed by atoms with van der Waals surface area (Å²) in [6.45, 7) is 4.26. The molecular formula is C20H17N5O3. The van der Waals surface area contributed by atoms with Gasteiger partial charge in [0.1, 0.15) is 0 Å². The van der Waals surface area contributed by atoms with Crippen LogP contribution >= 0.6 is 0 Å². The lowest BCUT2D eigenvalue weighted by atomic mass is 10.2. The predicted molar refractivity (Wildman–Crippen MR) is 105 cm³/mol. The average Bonchev–Trinajstić information content (AvgIpc) is 3.02. The number of aromatic nitrogens is 4.